The molecule has 1 atom stereocenters. The van der Waals surface area contributed by atoms with Crippen molar-refractivity contribution in [3.63, 3.8) is 0 Å². The van der Waals surface area contributed by atoms with E-state index in [1.54, 1.807) is 10.8 Å². The summed E-state index contributed by atoms with van der Waals surface area (Å²) in [6.45, 7) is 0.577. The largest absolute Gasteiger partial charge is 0.477 e. The van der Waals surface area contributed by atoms with E-state index < -0.39 is 15.8 Å². The van der Waals surface area contributed by atoms with Crippen molar-refractivity contribution in [3.05, 3.63) is 28.6 Å². The molecule has 0 aromatic carbocycles. The zero-order chi connectivity index (χ0) is 16.4. The Balaban J connectivity index is 1.66. The lowest BCUT2D eigenvalue weighted by molar-refractivity contribution is -0.141. The molecule has 4 heterocycles. The lowest BCUT2D eigenvalue weighted by Gasteiger charge is -2.36. The van der Waals surface area contributed by atoms with Gasteiger partial charge in [0.15, 0.2) is 0 Å². The summed E-state index contributed by atoms with van der Waals surface area (Å²) in [5, 5.41) is 10.1. The fourth-order valence-corrected chi connectivity index (χ4v) is 5.39. The second-order valence-corrected chi connectivity index (χ2v) is 8.34. The summed E-state index contributed by atoms with van der Waals surface area (Å²) in [6, 6.07) is 0. The van der Waals surface area contributed by atoms with Crippen LogP contribution in [-0.2, 0) is 26.0 Å². The van der Waals surface area contributed by atoms with Gasteiger partial charge in [-0.15, -0.1) is 11.8 Å². The first-order valence-corrected chi connectivity index (χ1v) is 9.42. The third-order valence-electron chi connectivity index (χ3n) is 3.91. The van der Waals surface area contributed by atoms with E-state index >= 15 is 0 Å². The Bertz CT molecular complexity index is 912. The minimum absolute atomic E-state index is 0.0302. The van der Waals surface area contributed by atoms with Crippen LogP contribution in [0.25, 0.3) is 6.08 Å². The molecule has 4 rings (SSSR count). The fourth-order valence-electron chi connectivity index (χ4n) is 2.84. The van der Waals surface area contributed by atoms with Gasteiger partial charge in [0.1, 0.15) is 11.1 Å². The van der Waals surface area contributed by atoms with Crippen LogP contribution in [-0.4, -0.2) is 51.0 Å². The number of fused-ring (bicyclic) bond motifs is 2. The molecule has 0 bridgehead atoms. The highest BCUT2D eigenvalue weighted by molar-refractivity contribution is 8.03. The van der Waals surface area contributed by atoms with E-state index in [-0.39, 0.29) is 27.9 Å². The van der Waals surface area contributed by atoms with Gasteiger partial charge in [0.25, 0.3) is 5.91 Å². The zero-order valence-corrected chi connectivity index (χ0v) is 13.3. The quantitative estimate of drug-likeness (QED) is 0.601. The fraction of sp³-hybridized carbons (Fsp3) is 0.308. The predicted octanol–water partition coefficient (Wildman–Crippen LogP) is 0.285. The van der Waals surface area contributed by atoms with Crippen molar-refractivity contribution in [2.45, 2.75) is 23.5 Å². The van der Waals surface area contributed by atoms with Crippen LogP contribution >= 0.6 is 11.8 Å². The molecule has 1 saturated heterocycles. The Labute approximate surface area is 135 Å². The van der Waals surface area contributed by atoms with Gasteiger partial charge in [-0.25, -0.2) is 18.2 Å². The van der Waals surface area contributed by atoms with Gasteiger partial charge in [0, 0.05) is 18.1 Å². The number of amides is 1. The monoisotopic (exact) mass is 353 g/mol. The van der Waals surface area contributed by atoms with E-state index in [1.807, 2.05) is 0 Å². The van der Waals surface area contributed by atoms with E-state index in [0.717, 1.165) is 0 Å². The number of β-lactam (4-membered cyclic amide) rings is 1. The second kappa shape index (κ2) is 4.71. The lowest BCUT2D eigenvalue weighted by Crippen LogP contribution is -2.51. The first-order chi connectivity index (χ1) is 10.9. The molecule has 10 heteroatoms. The van der Waals surface area contributed by atoms with Crippen LogP contribution in [0.4, 0.5) is 0 Å². The van der Waals surface area contributed by atoms with Crippen molar-refractivity contribution in [1.29, 1.82) is 0 Å². The maximum Gasteiger partial charge on any atom is 0.353 e. The van der Waals surface area contributed by atoms with E-state index in [2.05, 4.69) is 4.98 Å². The Morgan fingerprint density at radius 2 is 2.26 bits per heavy atom. The average molecular weight is 353 g/mol. The highest BCUT2D eigenvalue weighted by atomic mass is 32.2. The molecule has 3 aliphatic rings. The number of sulfone groups is 1. The molecule has 1 aromatic heterocycles. The number of hydrogen-bond donors (Lipinski definition) is 1. The highest BCUT2D eigenvalue weighted by Gasteiger charge is 2.49. The molecule has 8 nitrogen and oxygen atoms in total. The van der Waals surface area contributed by atoms with Gasteiger partial charge in [-0.05, 0) is 12.5 Å². The minimum Gasteiger partial charge on any atom is -0.477 e. The number of rotatable bonds is 2. The van der Waals surface area contributed by atoms with E-state index in [1.165, 1.54) is 28.1 Å². The topological polar surface area (TPSA) is 110 Å². The van der Waals surface area contributed by atoms with Crippen molar-refractivity contribution in [1.82, 2.24) is 14.5 Å². The summed E-state index contributed by atoms with van der Waals surface area (Å²) in [6.07, 6.45) is 3.69. The molecule has 23 heavy (non-hydrogen) atoms. The summed E-state index contributed by atoms with van der Waals surface area (Å²) in [5.74, 6) is -1.45. The van der Waals surface area contributed by atoms with E-state index in [9.17, 15) is 18.0 Å². The Morgan fingerprint density at radius 3 is 2.96 bits per heavy atom. The van der Waals surface area contributed by atoms with Crippen molar-refractivity contribution in [2.24, 2.45) is 0 Å². The van der Waals surface area contributed by atoms with Crippen LogP contribution < -0.4 is 0 Å². The number of hydrogen-bond acceptors (Lipinski definition) is 6. The maximum atomic E-state index is 12.1. The van der Waals surface area contributed by atoms with Gasteiger partial charge >= 0.3 is 5.97 Å². The smallest absolute Gasteiger partial charge is 0.353 e. The van der Waals surface area contributed by atoms with Crippen molar-refractivity contribution >= 4 is 39.6 Å². The number of aryl methyl sites for hydroxylation is 1. The minimum atomic E-state index is -3.36. The molecule has 120 valence electrons. The third-order valence-corrected chi connectivity index (χ3v) is 6.70. The zero-order valence-electron chi connectivity index (χ0n) is 11.7. The van der Waals surface area contributed by atoms with E-state index in [0.29, 0.717) is 24.2 Å². The molecule has 1 amide bonds. The Morgan fingerprint density at radius 1 is 1.48 bits per heavy atom. The standard InChI is InChI=1S/C13H11N3O5S2/c17-10-8(11-16(10)9(6-22-11)12(18)19)4-7-5-15-2-1-3-23(20,21)13(15)14-7/h4-6,11H,1-3H2,(H,18,19)/b8-4-/t11-/m1/s1. The van der Waals surface area contributed by atoms with Crippen LogP contribution in [0.2, 0.25) is 0 Å². The van der Waals surface area contributed by atoms with Crippen molar-refractivity contribution < 1.29 is 23.1 Å². The molecular formula is C13H11N3O5S2. The Kier molecular flexibility index (Phi) is 2.97. The van der Waals surface area contributed by atoms with Gasteiger partial charge in [-0.3, -0.25) is 9.69 Å². The molecule has 1 aromatic rings. The SMILES string of the molecule is O=C(O)C1=CS[C@@H]2/C(=C\c3cn4c(n3)S(=O)(=O)CCC4)C(=O)N12. The highest BCUT2D eigenvalue weighted by Crippen LogP contribution is 2.45. The third kappa shape index (κ3) is 2.05. The van der Waals surface area contributed by atoms with Gasteiger partial charge < -0.3 is 9.67 Å². The normalized spacial score (nSPS) is 26.5. The van der Waals surface area contributed by atoms with Crippen LogP contribution in [0.1, 0.15) is 12.1 Å². The lowest BCUT2D eigenvalue weighted by atomic mass is 10.0. The van der Waals surface area contributed by atoms with Crippen molar-refractivity contribution in [2.75, 3.05) is 5.75 Å². The molecule has 1 fully saturated rings. The summed E-state index contributed by atoms with van der Waals surface area (Å²) in [5.41, 5.74) is 0.794. The number of nitrogens with zero attached hydrogens (tertiary/aromatic N) is 3. The average Bonchev–Trinajstić information content (AvgIpc) is 3.06. The number of carbonyl (C=O) groups is 2. The summed E-state index contributed by atoms with van der Waals surface area (Å²) < 4.78 is 25.5. The maximum absolute atomic E-state index is 12.1. The molecule has 0 unspecified atom stereocenters. The van der Waals surface area contributed by atoms with Gasteiger partial charge in [-0.2, -0.15) is 0 Å². The van der Waals surface area contributed by atoms with Crippen LogP contribution in [0.15, 0.2) is 28.0 Å². The first-order valence-electron chi connectivity index (χ1n) is 6.82. The van der Waals surface area contributed by atoms with Crippen LogP contribution in [0.3, 0.4) is 0 Å². The molecule has 0 spiro atoms. The van der Waals surface area contributed by atoms with Crippen LogP contribution in [0.5, 0.6) is 0 Å². The number of imidazole rings is 1. The molecule has 0 saturated carbocycles. The second-order valence-electron chi connectivity index (χ2n) is 5.39. The molecule has 1 N–H and O–H groups in total. The van der Waals surface area contributed by atoms with Gasteiger partial charge in [0.2, 0.25) is 15.0 Å². The number of carbonyl (C=O) groups excluding carboxylic acids is 1. The molecule has 0 aliphatic carbocycles. The molecule has 3 aliphatic heterocycles. The summed E-state index contributed by atoms with van der Waals surface area (Å²) >= 11 is 1.24. The van der Waals surface area contributed by atoms with E-state index in [4.69, 9.17) is 5.11 Å². The number of carboxylic acid groups (broad SMARTS) is 1. The molecule has 0 radical (unpaired) electrons. The number of aliphatic carboxylic acids is 1. The Hall–Kier alpha value is -2.07. The summed E-state index contributed by atoms with van der Waals surface area (Å²) in [7, 11) is -3.36. The predicted molar refractivity (Wildman–Crippen MR) is 80.8 cm³/mol. The van der Waals surface area contributed by atoms with Crippen molar-refractivity contribution in [3.8, 4) is 0 Å². The van der Waals surface area contributed by atoms with Gasteiger partial charge in [-0.1, -0.05) is 0 Å². The van der Waals surface area contributed by atoms with Crippen LogP contribution in [0, 0.1) is 0 Å². The van der Waals surface area contributed by atoms with Gasteiger partial charge in [0.05, 0.1) is 17.0 Å². The first kappa shape index (κ1) is 14.5. The summed E-state index contributed by atoms with van der Waals surface area (Å²) in [4.78, 5) is 28.5. The number of thioether (sulfide) groups is 1. The number of carboxylic acids is 1. The molecular weight excluding hydrogens is 342 g/mol. The number of aromatic nitrogens is 2.